The van der Waals surface area contributed by atoms with Crippen LogP contribution in [0, 0.1) is 17.8 Å². The first-order valence-corrected chi connectivity index (χ1v) is 6.68. The summed E-state index contributed by atoms with van der Waals surface area (Å²) in [4.78, 5) is 11.9. The number of hydrogen-bond donors (Lipinski definition) is 1. The maximum absolute atomic E-state index is 11.9. The van der Waals surface area contributed by atoms with E-state index in [0.717, 1.165) is 19.3 Å². The monoisotopic (exact) mass is 225 g/mol. The number of rotatable bonds is 4. The summed E-state index contributed by atoms with van der Waals surface area (Å²) in [6, 6.07) is 0. The lowest BCUT2D eigenvalue weighted by atomic mass is 9.96. The molecular formula is C13H23NO2. The third-order valence-electron chi connectivity index (χ3n) is 4.20. The molecule has 2 N–H and O–H groups in total. The molecule has 0 aromatic carbocycles. The van der Waals surface area contributed by atoms with Crippen molar-refractivity contribution in [2.45, 2.75) is 44.9 Å². The predicted molar refractivity (Wildman–Crippen MR) is 62.8 cm³/mol. The first-order valence-electron chi connectivity index (χ1n) is 6.68. The molecule has 0 saturated heterocycles. The minimum Gasteiger partial charge on any atom is -0.465 e. The third kappa shape index (κ3) is 2.76. The second kappa shape index (κ2) is 5.67. The van der Waals surface area contributed by atoms with Crippen molar-refractivity contribution < 1.29 is 9.53 Å². The Morgan fingerprint density at radius 3 is 2.56 bits per heavy atom. The highest BCUT2D eigenvalue weighted by molar-refractivity contribution is 5.73. The summed E-state index contributed by atoms with van der Waals surface area (Å²) in [6.45, 7) is 1.27. The van der Waals surface area contributed by atoms with Crippen LogP contribution >= 0.6 is 0 Å². The highest BCUT2D eigenvalue weighted by Gasteiger charge is 2.33. The summed E-state index contributed by atoms with van der Waals surface area (Å²) >= 11 is 0. The summed E-state index contributed by atoms with van der Waals surface area (Å²) in [6.07, 6.45) is 8.28. The Bertz CT molecular complexity index is 236. The molecule has 3 heteroatoms. The first-order chi connectivity index (χ1) is 7.81. The second-order valence-electron chi connectivity index (χ2n) is 5.31. The Balaban J connectivity index is 1.74. The molecule has 0 amide bonds. The molecule has 0 spiro atoms. The van der Waals surface area contributed by atoms with Crippen LogP contribution in [0.3, 0.4) is 0 Å². The Kier molecular flexibility index (Phi) is 4.22. The predicted octanol–water partition coefficient (Wildman–Crippen LogP) is 2.09. The van der Waals surface area contributed by atoms with Crippen LogP contribution in [0.25, 0.3) is 0 Å². The highest BCUT2D eigenvalue weighted by atomic mass is 16.5. The van der Waals surface area contributed by atoms with E-state index in [9.17, 15) is 4.79 Å². The summed E-state index contributed by atoms with van der Waals surface area (Å²) in [5, 5.41) is 0. The maximum Gasteiger partial charge on any atom is 0.309 e. The Morgan fingerprint density at radius 1 is 1.12 bits per heavy atom. The van der Waals surface area contributed by atoms with E-state index in [0.29, 0.717) is 25.0 Å². The van der Waals surface area contributed by atoms with Gasteiger partial charge in [-0.15, -0.1) is 0 Å². The van der Waals surface area contributed by atoms with Gasteiger partial charge in [0.25, 0.3) is 0 Å². The van der Waals surface area contributed by atoms with Gasteiger partial charge in [0.15, 0.2) is 0 Å². The minimum atomic E-state index is 0.0137. The Labute approximate surface area is 97.7 Å². The molecule has 92 valence electrons. The Hall–Kier alpha value is -0.570. The molecule has 0 heterocycles. The Morgan fingerprint density at radius 2 is 1.88 bits per heavy atom. The molecule has 2 aliphatic rings. The van der Waals surface area contributed by atoms with Gasteiger partial charge in [-0.25, -0.2) is 0 Å². The summed E-state index contributed by atoms with van der Waals surface area (Å²) in [5.74, 6) is 1.10. The van der Waals surface area contributed by atoms with Crippen LogP contribution in [0.4, 0.5) is 0 Å². The largest absolute Gasteiger partial charge is 0.465 e. The van der Waals surface area contributed by atoms with Gasteiger partial charge in [0, 0.05) is 0 Å². The van der Waals surface area contributed by atoms with Crippen LogP contribution in [-0.4, -0.2) is 19.1 Å². The topological polar surface area (TPSA) is 52.3 Å². The average Bonchev–Trinajstić information content (AvgIpc) is 2.96. The van der Waals surface area contributed by atoms with Gasteiger partial charge in [-0.05, 0) is 44.1 Å². The fraction of sp³-hybridized carbons (Fsp3) is 0.923. The molecule has 2 atom stereocenters. The summed E-state index contributed by atoms with van der Waals surface area (Å²) in [7, 11) is 0. The number of carbonyl (C=O) groups is 1. The average molecular weight is 225 g/mol. The summed E-state index contributed by atoms with van der Waals surface area (Å²) < 4.78 is 5.45. The highest BCUT2D eigenvalue weighted by Crippen LogP contribution is 2.32. The van der Waals surface area contributed by atoms with Gasteiger partial charge in [-0.2, -0.15) is 0 Å². The van der Waals surface area contributed by atoms with Gasteiger partial charge in [0.2, 0.25) is 0 Å². The van der Waals surface area contributed by atoms with Crippen LogP contribution in [0.15, 0.2) is 0 Å². The van der Waals surface area contributed by atoms with E-state index in [-0.39, 0.29) is 11.9 Å². The molecule has 2 aliphatic carbocycles. The van der Waals surface area contributed by atoms with E-state index in [2.05, 4.69) is 0 Å². The van der Waals surface area contributed by atoms with E-state index in [4.69, 9.17) is 10.5 Å². The number of nitrogens with two attached hydrogens (primary N) is 1. The quantitative estimate of drug-likeness (QED) is 0.745. The van der Waals surface area contributed by atoms with Crippen LogP contribution in [0.1, 0.15) is 44.9 Å². The van der Waals surface area contributed by atoms with Crippen molar-refractivity contribution in [3.05, 3.63) is 0 Å². The van der Waals surface area contributed by atoms with Gasteiger partial charge < -0.3 is 10.5 Å². The lowest BCUT2D eigenvalue weighted by Crippen LogP contribution is -2.27. The lowest BCUT2D eigenvalue weighted by molar-refractivity contribution is -0.151. The van der Waals surface area contributed by atoms with Crippen LogP contribution < -0.4 is 5.73 Å². The molecule has 2 rings (SSSR count). The van der Waals surface area contributed by atoms with Crippen LogP contribution in [0.5, 0.6) is 0 Å². The molecular weight excluding hydrogens is 202 g/mol. The third-order valence-corrected chi connectivity index (χ3v) is 4.20. The number of hydrogen-bond acceptors (Lipinski definition) is 3. The first kappa shape index (κ1) is 11.9. The van der Waals surface area contributed by atoms with Crippen molar-refractivity contribution in [3.8, 4) is 0 Å². The van der Waals surface area contributed by atoms with Crippen molar-refractivity contribution >= 4 is 5.97 Å². The van der Waals surface area contributed by atoms with Crippen molar-refractivity contribution in [1.29, 1.82) is 0 Å². The van der Waals surface area contributed by atoms with Crippen molar-refractivity contribution in [2.24, 2.45) is 23.5 Å². The normalized spacial score (nSPS) is 30.8. The van der Waals surface area contributed by atoms with Gasteiger partial charge in [0.05, 0.1) is 12.5 Å². The number of carbonyl (C=O) groups excluding carboxylic acids is 1. The molecule has 0 bridgehead atoms. The smallest absolute Gasteiger partial charge is 0.309 e. The van der Waals surface area contributed by atoms with E-state index in [1.165, 1.54) is 25.7 Å². The maximum atomic E-state index is 11.9. The van der Waals surface area contributed by atoms with Gasteiger partial charge in [-0.3, -0.25) is 4.79 Å². The molecule has 3 nitrogen and oxygen atoms in total. The van der Waals surface area contributed by atoms with Gasteiger partial charge >= 0.3 is 5.97 Å². The zero-order chi connectivity index (χ0) is 11.4. The van der Waals surface area contributed by atoms with Gasteiger partial charge in [0.1, 0.15) is 0 Å². The number of esters is 1. The minimum absolute atomic E-state index is 0.0137. The standard InChI is InChI=1S/C13H23NO2/c14-8-11-6-3-7-12(11)13(15)16-9-10-4-1-2-5-10/h10-12H,1-9,14H2. The molecule has 2 fully saturated rings. The van der Waals surface area contributed by atoms with Crippen molar-refractivity contribution in [2.75, 3.05) is 13.2 Å². The molecule has 0 aromatic rings. The van der Waals surface area contributed by atoms with E-state index in [1.54, 1.807) is 0 Å². The number of ether oxygens (including phenoxy) is 1. The molecule has 0 aromatic heterocycles. The van der Waals surface area contributed by atoms with E-state index in [1.807, 2.05) is 0 Å². The van der Waals surface area contributed by atoms with Crippen molar-refractivity contribution in [3.63, 3.8) is 0 Å². The zero-order valence-corrected chi connectivity index (χ0v) is 9.99. The van der Waals surface area contributed by atoms with Crippen molar-refractivity contribution in [1.82, 2.24) is 0 Å². The fourth-order valence-electron chi connectivity index (χ4n) is 3.11. The van der Waals surface area contributed by atoms with Crippen LogP contribution in [0.2, 0.25) is 0 Å². The fourth-order valence-corrected chi connectivity index (χ4v) is 3.11. The van der Waals surface area contributed by atoms with Gasteiger partial charge in [-0.1, -0.05) is 19.3 Å². The zero-order valence-electron chi connectivity index (χ0n) is 9.99. The lowest BCUT2D eigenvalue weighted by Gasteiger charge is -2.18. The molecule has 2 unspecified atom stereocenters. The van der Waals surface area contributed by atoms with E-state index < -0.39 is 0 Å². The molecule has 16 heavy (non-hydrogen) atoms. The molecule has 0 aliphatic heterocycles. The van der Waals surface area contributed by atoms with Crippen LogP contribution in [-0.2, 0) is 9.53 Å². The molecule has 2 saturated carbocycles. The second-order valence-corrected chi connectivity index (χ2v) is 5.31. The van der Waals surface area contributed by atoms with E-state index >= 15 is 0 Å². The molecule has 0 radical (unpaired) electrons. The summed E-state index contributed by atoms with van der Waals surface area (Å²) in [5.41, 5.74) is 5.67. The SMILES string of the molecule is NCC1CCCC1C(=O)OCC1CCCC1.